The maximum Gasteiger partial charge on any atom is 0.415 e. The van der Waals surface area contributed by atoms with E-state index in [4.69, 9.17) is 22.1 Å². The molecule has 2 rings (SSSR count). The predicted octanol–water partition coefficient (Wildman–Crippen LogP) is 2.79. The summed E-state index contributed by atoms with van der Waals surface area (Å²) in [6.45, 7) is 2.97. The van der Waals surface area contributed by atoms with Crippen LogP contribution in [0, 0.1) is 0 Å². The Labute approximate surface area is 112 Å². The number of anilines is 1. The average molecular weight is 269 g/mol. The summed E-state index contributed by atoms with van der Waals surface area (Å²) in [5.74, 6) is 0. The maximum atomic E-state index is 11.9. The van der Waals surface area contributed by atoms with Crippen LogP contribution < -0.4 is 10.6 Å². The van der Waals surface area contributed by atoms with Gasteiger partial charge in [-0.3, -0.25) is 4.90 Å². The second-order valence-electron chi connectivity index (χ2n) is 4.73. The van der Waals surface area contributed by atoms with Crippen LogP contribution in [0.1, 0.15) is 19.8 Å². The molecule has 4 nitrogen and oxygen atoms in total. The van der Waals surface area contributed by atoms with Crippen molar-refractivity contribution in [3.05, 3.63) is 29.3 Å². The molecule has 0 aliphatic carbocycles. The summed E-state index contributed by atoms with van der Waals surface area (Å²) in [6, 6.07) is 7.29. The van der Waals surface area contributed by atoms with Crippen LogP contribution in [0.25, 0.3) is 0 Å². The first kappa shape index (κ1) is 13.2. The van der Waals surface area contributed by atoms with Gasteiger partial charge in [0.05, 0.1) is 16.2 Å². The fraction of sp³-hybridized carbons (Fsp3) is 0.462. The van der Waals surface area contributed by atoms with E-state index in [1.807, 2.05) is 25.1 Å². The van der Waals surface area contributed by atoms with Gasteiger partial charge in [0.1, 0.15) is 6.61 Å². The number of hydrogen-bond acceptors (Lipinski definition) is 3. The Kier molecular flexibility index (Phi) is 3.78. The molecule has 2 N–H and O–H groups in total. The van der Waals surface area contributed by atoms with Gasteiger partial charge >= 0.3 is 6.09 Å². The Bertz CT molecular complexity index is 452. The summed E-state index contributed by atoms with van der Waals surface area (Å²) in [7, 11) is 0. The van der Waals surface area contributed by atoms with Crippen molar-refractivity contribution in [3.63, 3.8) is 0 Å². The molecule has 1 heterocycles. The maximum absolute atomic E-state index is 11.9. The molecule has 0 radical (unpaired) electrons. The normalized spacial score (nSPS) is 23.3. The Balaban J connectivity index is 2.33. The Hall–Kier alpha value is -1.26. The molecule has 98 valence electrons. The second kappa shape index (κ2) is 5.16. The highest BCUT2D eigenvalue weighted by molar-refractivity contribution is 6.33. The number of halogens is 1. The topological polar surface area (TPSA) is 55.6 Å². The van der Waals surface area contributed by atoms with Crippen molar-refractivity contribution in [1.29, 1.82) is 0 Å². The van der Waals surface area contributed by atoms with Gasteiger partial charge < -0.3 is 10.5 Å². The van der Waals surface area contributed by atoms with Gasteiger partial charge in [-0.15, -0.1) is 0 Å². The SMILES string of the molecule is CC1(CCCN)COC(=O)N1c1ccccc1Cl. The molecule has 0 spiro atoms. The molecule has 1 amide bonds. The van der Waals surface area contributed by atoms with Gasteiger partial charge in [-0.05, 0) is 38.4 Å². The zero-order chi connectivity index (χ0) is 13.2. The number of nitrogens with zero attached hydrogens (tertiary/aromatic N) is 1. The van der Waals surface area contributed by atoms with Crippen molar-refractivity contribution >= 4 is 23.4 Å². The predicted molar refractivity (Wildman–Crippen MR) is 72.0 cm³/mol. The van der Waals surface area contributed by atoms with Crippen LogP contribution >= 0.6 is 11.6 Å². The quantitative estimate of drug-likeness (QED) is 0.914. The van der Waals surface area contributed by atoms with Crippen LogP contribution in [0.3, 0.4) is 0 Å². The zero-order valence-corrected chi connectivity index (χ0v) is 11.1. The van der Waals surface area contributed by atoms with Crippen molar-refractivity contribution in [1.82, 2.24) is 0 Å². The first-order valence-electron chi connectivity index (χ1n) is 6.00. The molecule has 0 saturated carbocycles. The zero-order valence-electron chi connectivity index (χ0n) is 10.4. The van der Waals surface area contributed by atoms with Crippen LogP contribution in [-0.4, -0.2) is 24.8 Å². The van der Waals surface area contributed by atoms with Crippen LogP contribution in [0.5, 0.6) is 0 Å². The third-order valence-corrected chi connectivity index (χ3v) is 3.56. The summed E-state index contributed by atoms with van der Waals surface area (Å²) < 4.78 is 5.18. The van der Waals surface area contributed by atoms with Crippen molar-refractivity contribution in [3.8, 4) is 0 Å². The molecule has 1 atom stereocenters. The summed E-state index contributed by atoms with van der Waals surface area (Å²) in [5, 5.41) is 0.551. The number of ether oxygens (including phenoxy) is 1. The van der Waals surface area contributed by atoms with Crippen LogP contribution in [0.2, 0.25) is 5.02 Å². The second-order valence-corrected chi connectivity index (χ2v) is 5.14. The Morgan fingerprint density at radius 3 is 2.89 bits per heavy atom. The molecule has 1 aromatic carbocycles. The van der Waals surface area contributed by atoms with E-state index in [1.165, 1.54) is 0 Å². The smallest absolute Gasteiger partial charge is 0.415 e. The molecule has 1 aliphatic rings. The third-order valence-electron chi connectivity index (χ3n) is 3.24. The largest absolute Gasteiger partial charge is 0.447 e. The number of hydrogen-bond donors (Lipinski definition) is 1. The van der Waals surface area contributed by atoms with Gasteiger partial charge in [-0.2, -0.15) is 0 Å². The monoisotopic (exact) mass is 268 g/mol. The van der Waals surface area contributed by atoms with E-state index in [1.54, 1.807) is 11.0 Å². The standard InChI is InChI=1S/C13H17ClN2O2/c1-13(7-4-8-15)9-18-12(17)16(13)11-6-3-2-5-10(11)14/h2-3,5-6H,4,7-9,15H2,1H3. The summed E-state index contributed by atoms with van der Waals surface area (Å²) in [5.41, 5.74) is 5.87. The minimum absolute atomic E-state index is 0.345. The van der Waals surface area contributed by atoms with Crippen molar-refractivity contribution < 1.29 is 9.53 Å². The molecule has 1 aromatic rings. The van der Waals surface area contributed by atoms with Crippen LogP contribution in [0.4, 0.5) is 10.5 Å². The van der Waals surface area contributed by atoms with Crippen LogP contribution in [-0.2, 0) is 4.74 Å². The molecule has 0 bridgehead atoms. The van der Waals surface area contributed by atoms with Crippen molar-refractivity contribution in [2.45, 2.75) is 25.3 Å². The number of cyclic esters (lactones) is 1. The lowest BCUT2D eigenvalue weighted by molar-refractivity contribution is 0.173. The summed E-state index contributed by atoms with van der Waals surface area (Å²) >= 11 is 6.16. The number of nitrogens with two attached hydrogens (primary N) is 1. The van der Waals surface area contributed by atoms with E-state index in [0.717, 1.165) is 12.8 Å². The highest BCUT2D eigenvalue weighted by atomic mass is 35.5. The van der Waals surface area contributed by atoms with E-state index >= 15 is 0 Å². The lowest BCUT2D eigenvalue weighted by Gasteiger charge is -2.32. The fourth-order valence-corrected chi connectivity index (χ4v) is 2.48. The lowest BCUT2D eigenvalue weighted by Crippen LogP contribution is -2.45. The molecule has 1 aliphatic heterocycles. The first-order chi connectivity index (χ1) is 8.58. The summed E-state index contributed by atoms with van der Waals surface area (Å²) in [4.78, 5) is 13.6. The van der Waals surface area contributed by atoms with Gasteiger partial charge in [-0.25, -0.2) is 4.79 Å². The molecule has 1 saturated heterocycles. The highest BCUT2D eigenvalue weighted by Crippen LogP contribution is 2.37. The van der Waals surface area contributed by atoms with Gasteiger partial charge in [0, 0.05) is 0 Å². The van der Waals surface area contributed by atoms with Gasteiger partial charge in [0.25, 0.3) is 0 Å². The number of rotatable bonds is 4. The highest BCUT2D eigenvalue weighted by Gasteiger charge is 2.44. The fourth-order valence-electron chi connectivity index (χ4n) is 2.26. The molecular weight excluding hydrogens is 252 g/mol. The lowest BCUT2D eigenvalue weighted by atomic mass is 9.95. The van der Waals surface area contributed by atoms with Crippen molar-refractivity contribution in [2.24, 2.45) is 5.73 Å². The molecule has 0 aromatic heterocycles. The Morgan fingerprint density at radius 2 is 2.22 bits per heavy atom. The molecule has 1 unspecified atom stereocenters. The van der Waals surface area contributed by atoms with Crippen molar-refractivity contribution in [2.75, 3.05) is 18.1 Å². The number of amides is 1. The molecule has 1 fully saturated rings. The Morgan fingerprint density at radius 1 is 1.50 bits per heavy atom. The number of carbonyl (C=O) groups excluding carboxylic acids is 1. The first-order valence-corrected chi connectivity index (χ1v) is 6.38. The van der Waals surface area contributed by atoms with Gasteiger partial charge in [0.15, 0.2) is 0 Å². The number of carbonyl (C=O) groups is 1. The molecular formula is C13H17ClN2O2. The van der Waals surface area contributed by atoms with E-state index < -0.39 is 0 Å². The molecule has 18 heavy (non-hydrogen) atoms. The van der Waals surface area contributed by atoms with E-state index in [2.05, 4.69) is 0 Å². The minimum atomic E-state index is -0.374. The molecule has 5 heteroatoms. The average Bonchev–Trinajstić information content (AvgIpc) is 2.65. The third kappa shape index (κ3) is 2.31. The van der Waals surface area contributed by atoms with E-state index in [9.17, 15) is 4.79 Å². The number of para-hydroxylation sites is 1. The minimum Gasteiger partial charge on any atom is -0.447 e. The summed E-state index contributed by atoms with van der Waals surface area (Å²) in [6.07, 6.45) is 1.29. The van der Waals surface area contributed by atoms with Gasteiger partial charge in [-0.1, -0.05) is 23.7 Å². The van der Waals surface area contributed by atoms with E-state index in [-0.39, 0.29) is 11.6 Å². The number of benzene rings is 1. The van der Waals surface area contributed by atoms with Crippen LogP contribution in [0.15, 0.2) is 24.3 Å². The van der Waals surface area contributed by atoms with Gasteiger partial charge in [0.2, 0.25) is 0 Å². The van der Waals surface area contributed by atoms with E-state index in [0.29, 0.717) is 23.9 Å².